The summed E-state index contributed by atoms with van der Waals surface area (Å²) in [4.78, 5) is 0. The van der Waals surface area contributed by atoms with E-state index < -0.39 is 0 Å². The maximum atomic E-state index is 4.31. The lowest BCUT2D eigenvalue weighted by Crippen LogP contribution is -2.10. The van der Waals surface area contributed by atoms with Crippen LogP contribution in [0.5, 0.6) is 0 Å². The number of fused-ring (bicyclic) bond motifs is 5. The average Bonchev–Trinajstić information content (AvgIpc) is 2.50. The fraction of sp³-hybridized carbons (Fsp3) is 0.200. The molecule has 0 fully saturated rings. The van der Waals surface area contributed by atoms with Crippen molar-refractivity contribution >= 4 is 27.1 Å². The van der Waals surface area contributed by atoms with Crippen molar-refractivity contribution in [3.05, 3.63) is 66.2 Å². The van der Waals surface area contributed by atoms with E-state index in [-0.39, 0.29) is 0 Å². The van der Waals surface area contributed by atoms with Gasteiger partial charge in [-0.1, -0.05) is 62.0 Å². The Balaban J connectivity index is 2.10. The van der Waals surface area contributed by atoms with E-state index in [0.29, 0.717) is 5.92 Å². The van der Waals surface area contributed by atoms with Gasteiger partial charge in [0.1, 0.15) is 0 Å². The number of hydrogen-bond acceptors (Lipinski definition) is 0. The van der Waals surface area contributed by atoms with Crippen molar-refractivity contribution in [2.45, 2.75) is 19.8 Å². The van der Waals surface area contributed by atoms with Crippen molar-refractivity contribution in [2.75, 3.05) is 0 Å². The summed E-state index contributed by atoms with van der Waals surface area (Å²) in [6, 6.07) is 17.7. The summed E-state index contributed by atoms with van der Waals surface area (Å²) in [5, 5.41) is 5.47. The van der Waals surface area contributed by atoms with Gasteiger partial charge in [-0.25, -0.2) is 0 Å². The predicted octanol–water partition coefficient (Wildman–Crippen LogP) is 5.59. The molecular formula is C20H18. The predicted molar refractivity (Wildman–Crippen MR) is 88.0 cm³/mol. The van der Waals surface area contributed by atoms with Gasteiger partial charge in [-0.15, -0.1) is 0 Å². The second kappa shape index (κ2) is 4.21. The Morgan fingerprint density at radius 3 is 2.60 bits per heavy atom. The fourth-order valence-electron chi connectivity index (χ4n) is 3.52. The maximum Gasteiger partial charge on any atom is -0.0102 e. The van der Waals surface area contributed by atoms with Crippen LogP contribution < -0.4 is 0 Å². The van der Waals surface area contributed by atoms with Crippen LogP contribution in [0.4, 0.5) is 0 Å². The van der Waals surface area contributed by atoms with Gasteiger partial charge in [0, 0.05) is 0 Å². The molecule has 0 aromatic heterocycles. The van der Waals surface area contributed by atoms with Gasteiger partial charge >= 0.3 is 0 Å². The zero-order valence-electron chi connectivity index (χ0n) is 11.8. The van der Waals surface area contributed by atoms with Crippen LogP contribution in [0.15, 0.2) is 55.1 Å². The molecule has 0 spiro atoms. The standard InChI is InChI=1S/C20H18/c1-13-7-9-18-16(14(13)2)11-12-19-17-6-4-3-5-15(17)8-10-20(18)19/h3-6,8,10-13H,2,7,9H2,1H3. The minimum Gasteiger partial charge on any atom is -0.0950 e. The Morgan fingerprint density at radius 2 is 1.70 bits per heavy atom. The molecule has 0 saturated heterocycles. The van der Waals surface area contributed by atoms with E-state index in [1.165, 1.54) is 51.1 Å². The van der Waals surface area contributed by atoms with Gasteiger partial charge in [0.25, 0.3) is 0 Å². The summed E-state index contributed by atoms with van der Waals surface area (Å²) < 4.78 is 0. The molecule has 4 rings (SSSR count). The van der Waals surface area contributed by atoms with Crippen LogP contribution in [0.1, 0.15) is 24.5 Å². The van der Waals surface area contributed by atoms with E-state index in [0.717, 1.165) is 0 Å². The van der Waals surface area contributed by atoms with Crippen LogP contribution in [0.25, 0.3) is 27.1 Å². The highest BCUT2D eigenvalue weighted by Crippen LogP contribution is 2.39. The largest absolute Gasteiger partial charge is 0.0950 e. The lowest BCUT2D eigenvalue weighted by atomic mass is 9.79. The lowest BCUT2D eigenvalue weighted by molar-refractivity contribution is 0.646. The third-order valence-electron chi connectivity index (χ3n) is 4.81. The highest BCUT2D eigenvalue weighted by molar-refractivity contribution is 6.09. The summed E-state index contributed by atoms with van der Waals surface area (Å²) >= 11 is 0. The van der Waals surface area contributed by atoms with E-state index in [4.69, 9.17) is 0 Å². The third-order valence-corrected chi connectivity index (χ3v) is 4.81. The van der Waals surface area contributed by atoms with Crippen molar-refractivity contribution in [1.29, 1.82) is 0 Å². The second-order valence-corrected chi connectivity index (χ2v) is 5.94. The van der Waals surface area contributed by atoms with Gasteiger partial charge in [-0.2, -0.15) is 0 Å². The summed E-state index contributed by atoms with van der Waals surface area (Å²) in [7, 11) is 0. The molecule has 0 amide bonds. The van der Waals surface area contributed by atoms with Crippen molar-refractivity contribution in [3.63, 3.8) is 0 Å². The van der Waals surface area contributed by atoms with Crippen LogP contribution in [0.3, 0.4) is 0 Å². The topological polar surface area (TPSA) is 0 Å². The first kappa shape index (κ1) is 11.7. The van der Waals surface area contributed by atoms with Crippen LogP contribution in [0.2, 0.25) is 0 Å². The number of aryl methyl sites for hydroxylation is 1. The number of rotatable bonds is 0. The number of hydrogen-bond donors (Lipinski definition) is 0. The van der Waals surface area contributed by atoms with Crippen LogP contribution in [-0.4, -0.2) is 0 Å². The molecule has 3 aromatic carbocycles. The van der Waals surface area contributed by atoms with Crippen molar-refractivity contribution in [3.8, 4) is 0 Å². The zero-order valence-corrected chi connectivity index (χ0v) is 11.8. The molecule has 0 bridgehead atoms. The van der Waals surface area contributed by atoms with E-state index in [9.17, 15) is 0 Å². The van der Waals surface area contributed by atoms with E-state index in [1.807, 2.05) is 0 Å². The lowest BCUT2D eigenvalue weighted by Gasteiger charge is -2.26. The van der Waals surface area contributed by atoms with Gasteiger partial charge in [0.15, 0.2) is 0 Å². The van der Waals surface area contributed by atoms with E-state index in [2.05, 4.69) is 62.0 Å². The molecule has 0 heteroatoms. The molecule has 0 nitrogen and oxygen atoms in total. The van der Waals surface area contributed by atoms with Gasteiger partial charge in [-0.05, 0) is 57.0 Å². The summed E-state index contributed by atoms with van der Waals surface area (Å²) in [6.45, 7) is 6.59. The normalized spacial score (nSPS) is 18.4. The van der Waals surface area contributed by atoms with E-state index in [1.54, 1.807) is 0 Å². The van der Waals surface area contributed by atoms with Crippen molar-refractivity contribution < 1.29 is 0 Å². The first-order chi connectivity index (χ1) is 9.75. The van der Waals surface area contributed by atoms with Crippen LogP contribution in [0, 0.1) is 5.92 Å². The Labute approximate surface area is 119 Å². The minimum absolute atomic E-state index is 0.611. The highest BCUT2D eigenvalue weighted by atomic mass is 14.2. The quantitative estimate of drug-likeness (QED) is 0.461. The monoisotopic (exact) mass is 258 g/mol. The molecule has 1 unspecified atom stereocenters. The average molecular weight is 258 g/mol. The van der Waals surface area contributed by atoms with Gasteiger partial charge < -0.3 is 0 Å². The highest BCUT2D eigenvalue weighted by Gasteiger charge is 2.20. The molecule has 0 radical (unpaired) electrons. The summed E-state index contributed by atoms with van der Waals surface area (Å²) in [6.07, 6.45) is 2.39. The Hall–Kier alpha value is -2.08. The third kappa shape index (κ3) is 1.54. The molecule has 98 valence electrons. The molecule has 1 atom stereocenters. The molecule has 0 N–H and O–H groups in total. The number of allylic oxidation sites excluding steroid dienone is 1. The first-order valence-corrected chi connectivity index (χ1v) is 7.38. The zero-order chi connectivity index (χ0) is 13.7. The Kier molecular flexibility index (Phi) is 2.47. The SMILES string of the molecule is C=C1c2ccc3c(ccc4ccccc43)c2CCC1C. The van der Waals surface area contributed by atoms with Gasteiger partial charge in [0.2, 0.25) is 0 Å². The van der Waals surface area contributed by atoms with Crippen LogP contribution in [-0.2, 0) is 6.42 Å². The first-order valence-electron chi connectivity index (χ1n) is 7.38. The Morgan fingerprint density at radius 1 is 0.900 bits per heavy atom. The molecule has 0 aliphatic heterocycles. The molecular weight excluding hydrogens is 240 g/mol. The smallest absolute Gasteiger partial charge is 0.0102 e. The molecule has 0 saturated carbocycles. The van der Waals surface area contributed by atoms with Crippen LogP contribution >= 0.6 is 0 Å². The summed E-state index contributed by atoms with van der Waals surface area (Å²) in [5.74, 6) is 0.611. The second-order valence-electron chi connectivity index (χ2n) is 5.94. The molecule has 1 aliphatic carbocycles. The van der Waals surface area contributed by atoms with Crippen molar-refractivity contribution in [2.24, 2.45) is 5.92 Å². The van der Waals surface area contributed by atoms with Gasteiger partial charge in [0.05, 0.1) is 0 Å². The maximum absolute atomic E-state index is 4.31. The van der Waals surface area contributed by atoms with E-state index >= 15 is 0 Å². The fourth-order valence-corrected chi connectivity index (χ4v) is 3.52. The van der Waals surface area contributed by atoms with Crippen molar-refractivity contribution in [1.82, 2.24) is 0 Å². The molecule has 0 heterocycles. The number of benzene rings is 3. The molecule has 1 aliphatic rings. The molecule has 20 heavy (non-hydrogen) atoms. The molecule has 3 aromatic rings. The van der Waals surface area contributed by atoms with Gasteiger partial charge in [-0.3, -0.25) is 0 Å². The minimum atomic E-state index is 0.611. The Bertz CT molecular complexity index is 839. The summed E-state index contributed by atoms with van der Waals surface area (Å²) in [5.41, 5.74) is 4.18.